The summed E-state index contributed by atoms with van der Waals surface area (Å²) in [6, 6.07) is 0. The molecule has 3 N–H and O–H groups in total. The molecule has 1 atom stereocenters. The average molecular weight is 343 g/mol. The van der Waals surface area contributed by atoms with E-state index in [0.717, 1.165) is 6.42 Å². The molecule has 1 saturated heterocycles. The molecule has 0 aromatic carbocycles. The van der Waals surface area contributed by atoms with Gasteiger partial charge < -0.3 is 4.74 Å². The molecule has 8 nitrogen and oxygen atoms in total. The van der Waals surface area contributed by atoms with Crippen LogP contribution in [0.4, 0.5) is 0 Å². The summed E-state index contributed by atoms with van der Waals surface area (Å²) in [7, 11) is -7.10. The molecule has 1 heterocycles. The number of nitrogens with zero attached hydrogens (tertiary/aromatic N) is 1. The van der Waals surface area contributed by atoms with Crippen LogP contribution in [0.1, 0.15) is 26.7 Å². The maximum absolute atomic E-state index is 12.2. The zero-order valence-corrected chi connectivity index (χ0v) is 14.1. The highest BCUT2D eigenvalue weighted by Crippen LogP contribution is 2.19. The molecule has 21 heavy (non-hydrogen) atoms. The minimum absolute atomic E-state index is 0.00624. The van der Waals surface area contributed by atoms with Crippen molar-refractivity contribution >= 4 is 20.2 Å². The third-order valence-corrected chi connectivity index (χ3v) is 5.61. The van der Waals surface area contributed by atoms with Gasteiger partial charge in [0.1, 0.15) is 0 Å². The fourth-order valence-corrected chi connectivity index (χ4v) is 4.08. The highest BCUT2D eigenvalue weighted by atomic mass is 32.2. The second kappa shape index (κ2) is 7.84. The Morgan fingerprint density at radius 1 is 1.33 bits per heavy atom. The number of ether oxygens (including phenoxy) is 1. The van der Waals surface area contributed by atoms with E-state index < -0.39 is 20.2 Å². The molecule has 1 aliphatic rings. The Balaban J connectivity index is 2.50. The van der Waals surface area contributed by atoms with Crippen LogP contribution in [0.3, 0.4) is 0 Å². The zero-order valence-electron chi connectivity index (χ0n) is 12.5. The average Bonchev–Trinajstić information content (AvgIpc) is 2.35. The van der Waals surface area contributed by atoms with Gasteiger partial charge in [0.05, 0.1) is 18.5 Å². The number of sulfonamides is 1. The van der Waals surface area contributed by atoms with Crippen molar-refractivity contribution in [2.24, 2.45) is 11.1 Å². The van der Waals surface area contributed by atoms with Gasteiger partial charge in [0.2, 0.25) is 10.0 Å². The van der Waals surface area contributed by atoms with Gasteiger partial charge in [-0.3, -0.25) is 0 Å². The number of rotatable bonds is 8. The van der Waals surface area contributed by atoms with E-state index in [0.29, 0.717) is 19.5 Å². The van der Waals surface area contributed by atoms with Crippen LogP contribution < -0.4 is 9.86 Å². The largest absolute Gasteiger partial charge is 0.378 e. The lowest BCUT2D eigenvalue weighted by molar-refractivity contribution is 0.0904. The number of hydrogen-bond donors (Lipinski definition) is 2. The van der Waals surface area contributed by atoms with E-state index in [1.54, 1.807) is 0 Å². The summed E-state index contributed by atoms with van der Waals surface area (Å²) in [6.07, 6.45) is 1.48. The van der Waals surface area contributed by atoms with Crippen LogP contribution in [0.25, 0.3) is 0 Å². The smallest absolute Gasteiger partial charge is 0.274 e. The molecule has 0 aromatic heterocycles. The monoisotopic (exact) mass is 343 g/mol. The van der Waals surface area contributed by atoms with Crippen LogP contribution in [0.15, 0.2) is 0 Å². The molecule has 1 fully saturated rings. The van der Waals surface area contributed by atoms with Crippen molar-refractivity contribution in [1.29, 1.82) is 0 Å². The van der Waals surface area contributed by atoms with Crippen molar-refractivity contribution < 1.29 is 21.6 Å². The maximum Gasteiger partial charge on any atom is 0.274 e. The minimum atomic E-state index is -3.74. The van der Waals surface area contributed by atoms with Crippen molar-refractivity contribution in [2.45, 2.75) is 32.8 Å². The van der Waals surface area contributed by atoms with Gasteiger partial charge in [-0.1, -0.05) is 0 Å². The Labute approximate surface area is 127 Å². The second-order valence-corrected chi connectivity index (χ2v) is 8.96. The van der Waals surface area contributed by atoms with E-state index in [2.05, 4.69) is 4.72 Å². The summed E-state index contributed by atoms with van der Waals surface area (Å²) in [4.78, 5) is 0. The lowest BCUT2D eigenvalue weighted by Gasteiger charge is -2.31. The number of nitrogens with one attached hydrogen (secondary N) is 1. The first-order valence-corrected chi connectivity index (χ1v) is 10.1. The van der Waals surface area contributed by atoms with Crippen LogP contribution in [-0.4, -0.2) is 59.2 Å². The Bertz CT molecular complexity index is 518. The molecular formula is C11H25N3O5S2. The molecule has 0 radical (unpaired) electrons. The van der Waals surface area contributed by atoms with Crippen molar-refractivity contribution in [3.05, 3.63) is 0 Å². The third kappa shape index (κ3) is 7.52. The van der Waals surface area contributed by atoms with E-state index in [1.807, 2.05) is 13.8 Å². The van der Waals surface area contributed by atoms with E-state index >= 15 is 0 Å². The molecule has 126 valence electrons. The Kier molecular flexibility index (Phi) is 7.01. The van der Waals surface area contributed by atoms with E-state index in [4.69, 9.17) is 9.88 Å². The number of piperidine rings is 1. The number of nitrogens with two attached hydrogens (primary N) is 1. The fraction of sp³-hybridized carbons (Fsp3) is 1.00. The van der Waals surface area contributed by atoms with Crippen molar-refractivity contribution in [3.8, 4) is 0 Å². The van der Waals surface area contributed by atoms with Crippen LogP contribution in [0.2, 0.25) is 0 Å². The Morgan fingerprint density at radius 3 is 2.57 bits per heavy atom. The summed E-state index contributed by atoms with van der Waals surface area (Å²) >= 11 is 0. The van der Waals surface area contributed by atoms with Gasteiger partial charge in [0.25, 0.3) is 10.2 Å². The predicted molar refractivity (Wildman–Crippen MR) is 80.3 cm³/mol. The Morgan fingerprint density at radius 2 is 2.00 bits per heavy atom. The molecule has 1 unspecified atom stereocenters. The van der Waals surface area contributed by atoms with E-state index in [9.17, 15) is 16.8 Å². The quantitative estimate of drug-likeness (QED) is 0.601. The van der Waals surface area contributed by atoms with Crippen LogP contribution in [0.5, 0.6) is 0 Å². The third-order valence-electron chi connectivity index (χ3n) is 3.24. The molecule has 0 amide bonds. The van der Waals surface area contributed by atoms with Gasteiger partial charge in [-0.05, 0) is 32.6 Å². The Hall–Kier alpha value is -0.260. The maximum atomic E-state index is 12.2. The summed E-state index contributed by atoms with van der Waals surface area (Å²) in [6.45, 7) is 4.80. The normalized spacial score (nSPS) is 21.8. The highest BCUT2D eigenvalue weighted by Gasteiger charge is 2.29. The lowest BCUT2D eigenvalue weighted by atomic mass is 10.0. The van der Waals surface area contributed by atoms with Gasteiger partial charge in [-0.25, -0.2) is 22.6 Å². The zero-order chi connectivity index (χ0) is 16.1. The van der Waals surface area contributed by atoms with Gasteiger partial charge in [0.15, 0.2) is 0 Å². The summed E-state index contributed by atoms with van der Waals surface area (Å²) < 4.78 is 55.1. The topological polar surface area (TPSA) is 119 Å². The molecule has 10 heteroatoms. The fourth-order valence-electron chi connectivity index (χ4n) is 2.20. The van der Waals surface area contributed by atoms with Crippen molar-refractivity contribution in [3.63, 3.8) is 0 Å². The molecule has 0 aliphatic carbocycles. The molecule has 0 spiro atoms. The highest BCUT2D eigenvalue weighted by molar-refractivity contribution is 7.89. The summed E-state index contributed by atoms with van der Waals surface area (Å²) in [5.74, 6) is -0.113. The van der Waals surface area contributed by atoms with E-state index in [-0.39, 0.29) is 30.9 Å². The van der Waals surface area contributed by atoms with Crippen molar-refractivity contribution in [1.82, 2.24) is 9.03 Å². The lowest BCUT2D eigenvalue weighted by Crippen LogP contribution is -2.45. The summed E-state index contributed by atoms with van der Waals surface area (Å²) in [5, 5.41) is 4.88. The van der Waals surface area contributed by atoms with Gasteiger partial charge in [0, 0.05) is 19.6 Å². The molecule has 1 aliphatic heterocycles. The first-order chi connectivity index (χ1) is 9.60. The van der Waals surface area contributed by atoms with Gasteiger partial charge in [-0.15, -0.1) is 0 Å². The van der Waals surface area contributed by atoms with Crippen LogP contribution >= 0.6 is 0 Å². The first kappa shape index (κ1) is 18.8. The number of hydrogen-bond acceptors (Lipinski definition) is 5. The molecule has 0 aromatic rings. The molecule has 0 saturated carbocycles. The second-order valence-electron chi connectivity index (χ2n) is 5.50. The summed E-state index contributed by atoms with van der Waals surface area (Å²) in [5.41, 5.74) is 0. The minimum Gasteiger partial charge on any atom is -0.378 e. The van der Waals surface area contributed by atoms with Crippen LogP contribution in [0, 0.1) is 5.92 Å². The first-order valence-electron chi connectivity index (χ1n) is 6.97. The van der Waals surface area contributed by atoms with Crippen LogP contribution in [-0.2, 0) is 25.0 Å². The van der Waals surface area contributed by atoms with E-state index in [1.165, 1.54) is 4.31 Å². The SMILES string of the molecule is CC(C)OCCS(=O)(=O)N1CCCC(CNS(N)(=O)=O)C1. The van der Waals surface area contributed by atoms with Crippen molar-refractivity contribution in [2.75, 3.05) is 32.0 Å². The predicted octanol–water partition coefficient (Wildman–Crippen LogP) is -0.754. The molecule has 1 rings (SSSR count). The van der Waals surface area contributed by atoms with Gasteiger partial charge >= 0.3 is 0 Å². The standard InChI is InChI=1S/C11H25N3O5S2/c1-10(2)19-6-7-20(15,16)14-5-3-4-11(9-14)8-13-21(12,17)18/h10-11,13H,3-9H2,1-2H3,(H2,12,17,18). The molecular weight excluding hydrogens is 318 g/mol. The van der Waals surface area contributed by atoms with Gasteiger partial charge in [-0.2, -0.15) is 8.42 Å². The molecule has 0 bridgehead atoms.